The molecule has 0 atom stereocenters. The summed E-state index contributed by atoms with van der Waals surface area (Å²) in [7, 11) is 1.60. The molecule has 0 aliphatic heterocycles. The molecule has 0 bridgehead atoms. The fraction of sp³-hybridized carbons (Fsp3) is 0.200. The van der Waals surface area contributed by atoms with Crippen LogP contribution >= 0.6 is 11.3 Å². The molecule has 3 aromatic rings. The Morgan fingerprint density at radius 3 is 2.36 bits per heavy atom. The first-order chi connectivity index (χ1) is 13.3. The van der Waals surface area contributed by atoms with Crippen molar-refractivity contribution in [1.82, 2.24) is 9.88 Å². The number of halogens is 3. The first-order valence-corrected chi connectivity index (χ1v) is 9.29. The van der Waals surface area contributed by atoms with Crippen LogP contribution in [0.5, 0.6) is 5.75 Å². The van der Waals surface area contributed by atoms with Crippen LogP contribution in [0.3, 0.4) is 0 Å². The van der Waals surface area contributed by atoms with Gasteiger partial charge in [0, 0.05) is 24.5 Å². The van der Waals surface area contributed by atoms with Gasteiger partial charge in [-0.1, -0.05) is 12.1 Å². The Bertz CT molecular complexity index is 908. The number of hydrogen-bond acceptors (Lipinski definition) is 4. The summed E-state index contributed by atoms with van der Waals surface area (Å²) in [5, 5.41) is 1.90. The van der Waals surface area contributed by atoms with E-state index < -0.39 is 11.7 Å². The number of hydrogen-bond donors (Lipinski definition) is 0. The lowest BCUT2D eigenvalue weighted by atomic mass is 10.1. The highest BCUT2D eigenvalue weighted by molar-refractivity contribution is 7.07. The molecule has 1 amide bonds. The van der Waals surface area contributed by atoms with Gasteiger partial charge in [0.25, 0.3) is 5.91 Å². The summed E-state index contributed by atoms with van der Waals surface area (Å²) >= 11 is 1.49. The highest BCUT2D eigenvalue weighted by atomic mass is 32.1. The molecule has 0 spiro atoms. The zero-order valence-electron chi connectivity index (χ0n) is 14.9. The van der Waals surface area contributed by atoms with E-state index in [1.54, 1.807) is 36.8 Å². The summed E-state index contributed by atoms with van der Waals surface area (Å²) in [6, 6.07) is 11.5. The highest BCUT2D eigenvalue weighted by Crippen LogP contribution is 2.29. The van der Waals surface area contributed by atoms with Crippen LogP contribution in [0.15, 0.2) is 59.4 Å². The maximum atomic E-state index is 12.6. The van der Waals surface area contributed by atoms with Crippen LogP contribution in [0, 0.1) is 0 Å². The van der Waals surface area contributed by atoms with Gasteiger partial charge in [-0.05, 0) is 42.0 Å². The lowest BCUT2D eigenvalue weighted by Crippen LogP contribution is -2.26. The molecule has 0 radical (unpaired) electrons. The molecule has 4 nitrogen and oxygen atoms in total. The van der Waals surface area contributed by atoms with Gasteiger partial charge >= 0.3 is 6.18 Å². The van der Waals surface area contributed by atoms with Crippen molar-refractivity contribution in [2.24, 2.45) is 0 Å². The summed E-state index contributed by atoms with van der Waals surface area (Å²) in [5.74, 6) is 0.390. The predicted molar refractivity (Wildman–Crippen MR) is 100 cm³/mol. The number of benzene rings is 2. The third-order valence-corrected chi connectivity index (χ3v) is 4.65. The minimum Gasteiger partial charge on any atom is -0.487 e. The summed E-state index contributed by atoms with van der Waals surface area (Å²) in [6.45, 7) is 0.559. The Morgan fingerprint density at radius 1 is 1.11 bits per heavy atom. The van der Waals surface area contributed by atoms with Crippen molar-refractivity contribution in [2.45, 2.75) is 19.3 Å². The first kappa shape index (κ1) is 19.9. The second-order valence-corrected chi connectivity index (χ2v) is 6.87. The smallest absolute Gasteiger partial charge is 0.416 e. The van der Waals surface area contributed by atoms with Gasteiger partial charge in [-0.25, -0.2) is 4.98 Å². The Balaban J connectivity index is 1.58. The Morgan fingerprint density at radius 2 is 1.79 bits per heavy atom. The molecule has 1 aromatic heterocycles. The summed E-state index contributed by atoms with van der Waals surface area (Å²) in [6.07, 6.45) is -4.37. The second-order valence-electron chi connectivity index (χ2n) is 6.15. The van der Waals surface area contributed by atoms with E-state index in [2.05, 4.69) is 4.98 Å². The molecule has 8 heteroatoms. The average molecular weight is 406 g/mol. The van der Waals surface area contributed by atoms with Gasteiger partial charge in [-0.3, -0.25) is 4.79 Å². The number of ether oxygens (including phenoxy) is 1. The van der Waals surface area contributed by atoms with Crippen molar-refractivity contribution in [3.63, 3.8) is 0 Å². The van der Waals surface area contributed by atoms with Crippen molar-refractivity contribution in [3.8, 4) is 5.75 Å². The van der Waals surface area contributed by atoms with Crippen molar-refractivity contribution >= 4 is 17.2 Å². The third kappa shape index (κ3) is 5.10. The summed E-state index contributed by atoms with van der Waals surface area (Å²) in [4.78, 5) is 18.1. The largest absolute Gasteiger partial charge is 0.487 e. The second kappa shape index (κ2) is 8.43. The minimum absolute atomic E-state index is 0.207. The molecule has 0 unspecified atom stereocenters. The van der Waals surface area contributed by atoms with Crippen molar-refractivity contribution in [1.29, 1.82) is 0 Å². The van der Waals surface area contributed by atoms with Gasteiger partial charge < -0.3 is 9.64 Å². The van der Waals surface area contributed by atoms with Gasteiger partial charge in [-0.2, -0.15) is 13.2 Å². The number of nitrogens with zero attached hydrogens (tertiary/aromatic N) is 2. The highest BCUT2D eigenvalue weighted by Gasteiger charge is 2.30. The van der Waals surface area contributed by atoms with Gasteiger partial charge in [-0.15, -0.1) is 11.3 Å². The molecular formula is C20H17F3N2O2S. The van der Waals surface area contributed by atoms with Crippen LogP contribution in [0.4, 0.5) is 13.2 Å². The standard InChI is InChI=1S/C20H17F3N2O2S/c1-25(10-14-2-6-16(7-3-14)20(21,22)23)19(26)15-4-8-18(9-5-15)27-11-17-12-28-13-24-17/h2-9,12-13H,10-11H2,1H3. The maximum Gasteiger partial charge on any atom is 0.416 e. The van der Waals surface area contributed by atoms with Gasteiger partial charge in [0.1, 0.15) is 12.4 Å². The van der Waals surface area contributed by atoms with E-state index in [-0.39, 0.29) is 12.5 Å². The SMILES string of the molecule is CN(Cc1ccc(C(F)(F)F)cc1)C(=O)c1ccc(OCc2cscn2)cc1. The number of carbonyl (C=O) groups is 1. The van der Waals surface area contributed by atoms with Crippen LogP contribution in [0.1, 0.15) is 27.2 Å². The van der Waals surface area contributed by atoms with Crippen molar-refractivity contribution in [2.75, 3.05) is 7.05 Å². The molecule has 2 aromatic carbocycles. The number of amides is 1. The van der Waals surface area contributed by atoms with E-state index in [1.165, 1.54) is 28.4 Å². The van der Waals surface area contributed by atoms with Crippen LogP contribution in [0.2, 0.25) is 0 Å². The predicted octanol–water partition coefficient (Wildman–Crippen LogP) is 5.01. The number of alkyl halides is 3. The lowest BCUT2D eigenvalue weighted by molar-refractivity contribution is -0.137. The molecule has 0 fully saturated rings. The molecule has 1 heterocycles. The third-order valence-electron chi connectivity index (χ3n) is 4.02. The van der Waals surface area contributed by atoms with Crippen LogP contribution < -0.4 is 4.74 Å². The molecule has 146 valence electrons. The van der Waals surface area contributed by atoms with Gasteiger partial charge in [0.15, 0.2) is 0 Å². The number of carbonyl (C=O) groups excluding carboxylic acids is 1. The molecule has 0 aliphatic rings. The van der Waals surface area contributed by atoms with Crippen molar-refractivity contribution in [3.05, 3.63) is 81.8 Å². The molecule has 0 saturated heterocycles. The zero-order chi connectivity index (χ0) is 20.1. The van der Waals surface area contributed by atoms with E-state index in [0.29, 0.717) is 23.5 Å². The quantitative estimate of drug-likeness (QED) is 0.578. The fourth-order valence-corrected chi connectivity index (χ4v) is 3.07. The minimum atomic E-state index is -4.37. The molecule has 0 N–H and O–H groups in total. The number of aromatic nitrogens is 1. The Kier molecular flexibility index (Phi) is 5.99. The molecule has 0 saturated carbocycles. The Labute approximate surface area is 164 Å². The van der Waals surface area contributed by atoms with Crippen LogP contribution in [-0.4, -0.2) is 22.8 Å². The van der Waals surface area contributed by atoms with E-state index in [9.17, 15) is 18.0 Å². The lowest BCUT2D eigenvalue weighted by Gasteiger charge is -2.18. The van der Waals surface area contributed by atoms with Crippen LogP contribution in [0.25, 0.3) is 0 Å². The molecular weight excluding hydrogens is 389 g/mol. The summed E-state index contributed by atoms with van der Waals surface area (Å²) in [5.41, 5.74) is 2.94. The van der Waals surface area contributed by atoms with Crippen LogP contribution in [-0.2, 0) is 19.3 Å². The monoisotopic (exact) mass is 406 g/mol. The van der Waals surface area contributed by atoms with Gasteiger partial charge in [0.2, 0.25) is 0 Å². The van der Waals surface area contributed by atoms with E-state index in [1.807, 2.05) is 5.38 Å². The average Bonchev–Trinajstić information content (AvgIpc) is 3.19. The first-order valence-electron chi connectivity index (χ1n) is 8.34. The van der Waals surface area contributed by atoms with Gasteiger partial charge in [0.05, 0.1) is 16.8 Å². The van der Waals surface area contributed by atoms with E-state index in [4.69, 9.17) is 4.74 Å². The van der Waals surface area contributed by atoms with E-state index in [0.717, 1.165) is 17.8 Å². The fourth-order valence-electron chi connectivity index (χ4n) is 2.53. The zero-order valence-corrected chi connectivity index (χ0v) is 15.8. The number of rotatable bonds is 6. The van der Waals surface area contributed by atoms with Crippen molar-refractivity contribution < 1.29 is 22.7 Å². The van der Waals surface area contributed by atoms with E-state index >= 15 is 0 Å². The maximum absolute atomic E-state index is 12.6. The summed E-state index contributed by atoms with van der Waals surface area (Å²) < 4.78 is 43.5. The normalized spacial score (nSPS) is 11.3. The Hall–Kier alpha value is -2.87. The molecule has 0 aliphatic carbocycles. The topological polar surface area (TPSA) is 42.4 Å². The molecule has 28 heavy (non-hydrogen) atoms. The number of thiazole rings is 1. The molecule has 3 rings (SSSR count).